The van der Waals surface area contributed by atoms with E-state index < -0.39 is 0 Å². The van der Waals surface area contributed by atoms with Crippen LogP contribution in [0.15, 0.2) is 30.6 Å². The molecule has 0 spiro atoms. The first-order valence-corrected chi connectivity index (χ1v) is 9.04. The number of fused-ring (bicyclic) bond motifs is 1. The topological polar surface area (TPSA) is 63.9 Å². The maximum absolute atomic E-state index is 13.2. The van der Waals surface area contributed by atoms with Crippen LogP contribution in [0.3, 0.4) is 0 Å². The van der Waals surface area contributed by atoms with E-state index in [0.29, 0.717) is 5.92 Å². The molecule has 26 heavy (non-hydrogen) atoms. The lowest BCUT2D eigenvalue weighted by Crippen LogP contribution is -2.38. The zero-order chi connectivity index (χ0) is 18.3. The summed E-state index contributed by atoms with van der Waals surface area (Å²) in [7, 11) is 1.97. The van der Waals surface area contributed by atoms with Gasteiger partial charge < -0.3 is 9.47 Å². The predicted octanol–water partition coefficient (Wildman–Crippen LogP) is 3.00. The van der Waals surface area contributed by atoms with Crippen LogP contribution in [0.5, 0.6) is 0 Å². The van der Waals surface area contributed by atoms with Crippen molar-refractivity contribution in [3.63, 3.8) is 0 Å². The van der Waals surface area contributed by atoms with Crippen LogP contribution in [0.2, 0.25) is 0 Å². The number of pyridine rings is 1. The first kappa shape index (κ1) is 16.7. The number of carbonyl (C=O) groups is 1. The van der Waals surface area contributed by atoms with Gasteiger partial charge in [-0.3, -0.25) is 9.78 Å². The molecule has 6 heteroatoms. The second-order valence-corrected chi connectivity index (χ2v) is 7.20. The van der Waals surface area contributed by atoms with Crippen molar-refractivity contribution < 1.29 is 4.79 Å². The highest BCUT2D eigenvalue weighted by molar-refractivity contribution is 6.06. The van der Waals surface area contributed by atoms with Gasteiger partial charge in [-0.15, -0.1) is 10.2 Å². The zero-order valence-electron chi connectivity index (χ0n) is 15.4. The van der Waals surface area contributed by atoms with Crippen LogP contribution in [0.4, 0.5) is 0 Å². The standard InChI is InChI=1S/C20H23N5O/c1-13-4-5-18-16(10-13)17(11-14(2)22-18)20(26)25-8-6-15(7-9-25)19-23-21-12-24(19)3/h4-5,10-12,15H,6-9H2,1-3H3. The predicted molar refractivity (Wildman–Crippen MR) is 100 cm³/mol. The highest BCUT2D eigenvalue weighted by atomic mass is 16.2. The van der Waals surface area contributed by atoms with E-state index in [1.807, 2.05) is 48.6 Å². The van der Waals surface area contributed by atoms with Crippen molar-refractivity contribution in [1.82, 2.24) is 24.6 Å². The minimum Gasteiger partial charge on any atom is -0.339 e. The van der Waals surface area contributed by atoms with Gasteiger partial charge in [-0.05, 0) is 44.9 Å². The third-order valence-electron chi connectivity index (χ3n) is 5.22. The number of benzene rings is 1. The second-order valence-electron chi connectivity index (χ2n) is 7.20. The molecule has 0 saturated carbocycles. The van der Waals surface area contributed by atoms with E-state index in [-0.39, 0.29) is 5.91 Å². The number of rotatable bonds is 2. The second kappa shape index (κ2) is 6.52. The maximum atomic E-state index is 13.2. The molecule has 1 aromatic carbocycles. The highest BCUT2D eigenvalue weighted by Gasteiger charge is 2.27. The molecule has 0 radical (unpaired) electrons. The highest BCUT2D eigenvalue weighted by Crippen LogP contribution is 2.28. The molecular weight excluding hydrogens is 326 g/mol. The zero-order valence-corrected chi connectivity index (χ0v) is 15.4. The molecule has 0 N–H and O–H groups in total. The molecule has 0 atom stereocenters. The average molecular weight is 349 g/mol. The monoisotopic (exact) mass is 349 g/mol. The van der Waals surface area contributed by atoms with Gasteiger partial charge in [-0.2, -0.15) is 0 Å². The summed E-state index contributed by atoms with van der Waals surface area (Å²) in [6, 6.07) is 8.00. The van der Waals surface area contributed by atoms with Crippen LogP contribution in [0.1, 0.15) is 46.2 Å². The van der Waals surface area contributed by atoms with Crippen molar-refractivity contribution in [2.75, 3.05) is 13.1 Å². The molecule has 0 aliphatic carbocycles. The molecule has 1 saturated heterocycles. The van der Waals surface area contributed by atoms with Gasteiger partial charge in [-0.25, -0.2) is 0 Å². The van der Waals surface area contributed by atoms with Crippen molar-refractivity contribution in [3.8, 4) is 0 Å². The van der Waals surface area contributed by atoms with Gasteiger partial charge in [-0.1, -0.05) is 11.6 Å². The third-order valence-corrected chi connectivity index (χ3v) is 5.22. The Bertz CT molecular complexity index is 969. The van der Waals surface area contributed by atoms with Gasteiger partial charge in [0.1, 0.15) is 12.2 Å². The Balaban J connectivity index is 1.58. The Morgan fingerprint density at radius 3 is 2.62 bits per heavy atom. The number of likely N-dealkylation sites (tertiary alicyclic amines) is 1. The smallest absolute Gasteiger partial charge is 0.254 e. The molecule has 3 aromatic rings. The van der Waals surface area contributed by atoms with Gasteiger partial charge >= 0.3 is 0 Å². The largest absolute Gasteiger partial charge is 0.339 e. The van der Waals surface area contributed by atoms with E-state index in [0.717, 1.165) is 59.5 Å². The lowest BCUT2D eigenvalue weighted by atomic mass is 9.95. The summed E-state index contributed by atoms with van der Waals surface area (Å²) in [4.78, 5) is 19.7. The first-order valence-electron chi connectivity index (χ1n) is 9.04. The fourth-order valence-electron chi connectivity index (χ4n) is 3.82. The van der Waals surface area contributed by atoms with E-state index in [1.54, 1.807) is 6.33 Å². The molecule has 2 aromatic heterocycles. The lowest BCUT2D eigenvalue weighted by Gasteiger charge is -2.31. The van der Waals surface area contributed by atoms with Crippen LogP contribution in [0.25, 0.3) is 10.9 Å². The molecule has 1 aliphatic rings. The fraction of sp³-hybridized carbons (Fsp3) is 0.400. The van der Waals surface area contributed by atoms with Crippen LogP contribution in [-0.4, -0.2) is 43.6 Å². The van der Waals surface area contributed by atoms with Crippen molar-refractivity contribution in [3.05, 3.63) is 53.2 Å². The number of carbonyl (C=O) groups excluding carboxylic acids is 1. The van der Waals surface area contributed by atoms with Crippen LogP contribution in [0, 0.1) is 13.8 Å². The molecule has 3 heterocycles. The Labute approximate surface area is 152 Å². The van der Waals surface area contributed by atoms with Crippen LogP contribution >= 0.6 is 0 Å². The van der Waals surface area contributed by atoms with Crippen molar-refractivity contribution in [2.45, 2.75) is 32.6 Å². The number of hydrogen-bond donors (Lipinski definition) is 0. The summed E-state index contributed by atoms with van der Waals surface area (Å²) in [5.74, 6) is 1.48. The number of aryl methyl sites for hydroxylation is 3. The molecule has 4 rings (SSSR count). The molecule has 134 valence electrons. The summed E-state index contributed by atoms with van der Waals surface area (Å²) >= 11 is 0. The molecule has 0 unspecified atom stereocenters. The summed E-state index contributed by atoms with van der Waals surface area (Å²) in [5, 5.41) is 9.15. The Morgan fingerprint density at radius 1 is 1.15 bits per heavy atom. The molecule has 6 nitrogen and oxygen atoms in total. The number of piperidine rings is 1. The van der Waals surface area contributed by atoms with Gasteiger partial charge in [0.15, 0.2) is 0 Å². The van der Waals surface area contributed by atoms with Crippen LogP contribution < -0.4 is 0 Å². The summed E-state index contributed by atoms with van der Waals surface area (Å²) < 4.78 is 1.98. The number of aromatic nitrogens is 4. The van der Waals surface area contributed by atoms with Crippen molar-refractivity contribution >= 4 is 16.8 Å². The summed E-state index contributed by atoms with van der Waals surface area (Å²) in [6.45, 7) is 5.46. The Hall–Kier alpha value is -2.76. The van der Waals surface area contributed by atoms with Crippen molar-refractivity contribution in [1.29, 1.82) is 0 Å². The Kier molecular flexibility index (Phi) is 4.18. The Morgan fingerprint density at radius 2 is 1.92 bits per heavy atom. The maximum Gasteiger partial charge on any atom is 0.254 e. The van der Waals surface area contributed by atoms with E-state index >= 15 is 0 Å². The summed E-state index contributed by atoms with van der Waals surface area (Å²) in [6.07, 6.45) is 3.57. The number of amides is 1. The molecule has 1 aliphatic heterocycles. The SMILES string of the molecule is Cc1ccc2nc(C)cc(C(=O)N3CCC(c4nncn4C)CC3)c2c1. The van der Waals surface area contributed by atoms with Crippen LogP contribution in [-0.2, 0) is 7.05 Å². The van der Waals surface area contributed by atoms with Gasteiger partial charge in [0.05, 0.1) is 11.1 Å². The van der Waals surface area contributed by atoms with E-state index in [4.69, 9.17) is 0 Å². The molecule has 1 amide bonds. The van der Waals surface area contributed by atoms with Gasteiger partial charge in [0.25, 0.3) is 5.91 Å². The molecule has 0 bridgehead atoms. The summed E-state index contributed by atoms with van der Waals surface area (Å²) in [5.41, 5.74) is 3.65. The number of hydrogen-bond acceptors (Lipinski definition) is 4. The first-order chi connectivity index (χ1) is 12.5. The van der Waals surface area contributed by atoms with E-state index in [9.17, 15) is 4.79 Å². The quantitative estimate of drug-likeness (QED) is 0.713. The minimum atomic E-state index is 0.0996. The fourth-order valence-corrected chi connectivity index (χ4v) is 3.82. The van der Waals surface area contributed by atoms with Crippen molar-refractivity contribution in [2.24, 2.45) is 7.05 Å². The lowest BCUT2D eigenvalue weighted by molar-refractivity contribution is 0.0712. The number of nitrogens with zero attached hydrogens (tertiary/aromatic N) is 5. The third kappa shape index (κ3) is 2.96. The van der Waals surface area contributed by atoms with E-state index in [1.165, 1.54) is 0 Å². The van der Waals surface area contributed by atoms with Gasteiger partial charge in [0.2, 0.25) is 0 Å². The normalized spacial score (nSPS) is 15.6. The minimum absolute atomic E-state index is 0.0996. The van der Waals surface area contributed by atoms with E-state index in [2.05, 4.69) is 21.2 Å². The average Bonchev–Trinajstić information content (AvgIpc) is 3.07. The van der Waals surface area contributed by atoms with Gasteiger partial charge in [0, 0.05) is 37.1 Å². The molecular formula is C20H23N5O. The molecule has 1 fully saturated rings.